The molecule has 4 nitrogen and oxygen atoms in total. The Morgan fingerprint density at radius 1 is 1.41 bits per heavy atom. The molecule has 2 atom stereocenters. The summed E-state index contributed by atoms with van der Waals surface area (Å²) in [5, 5.41) is 3.58. The maximum absolute atomic E-state index is 5.69. The number of methoxy groups -OCH3 is 1. The van der Waals surface area contributed by atoms with E-state index >= 15 is 0 Å². The Bertz CT molecular complexity index is 215. The Hall–Kier alpha value is -0.160. The summed E-state index contributed by atoms with van der Waals surface area (Å²) in [6.45, 7) is 3.79. The van der Waals surface area contributed by atoms with Crippen LogP contribution in [0.25, 0.3) is 0 Å². The Morgan fingerprint density at radius 3 is 2.82 bits per heavy atom. The Morgan fingerprint density at radius 2 is 2.24 bits per heavy atom. The molecular weight excluding hydrogens is 216 g/mol. The highest BCUT2D eigenvalue weighted by molar-refractivity contribution is 4.84. The second-order valence-corrected chi connectivity index (χ2v) is 5.37. The average molecular weight is 242 g/mol. The molecule has 0 aromatic carbocycles. The fourth-order valence-corrected chi connectivity index (χ4v) is 2.38. The van der Waals surface area contributed by atoms with Crippen molar-refractivity contribution >= 4 is 0 Å². The van der Waals surface area contributed by atoms with E-state index in [4.69, 9.17) is 9.47 Å². The fraction of sp³-hybridized carbons (Fsp3) is 1.00. The van der Waals surface area contributed by atoms with Gasteiger partial charge < -0.3 is 14.8 Å². The van der Waals surface area contributed by atoms with Gasteiger partial charge in [-0.25, -0.2) is 0 Å². The second-order valence-electron chi connectivity index (χ2n) is 5.37. The molecule has 0 bridgehead atoms. The third-order valence-corrected chi connectivity index (χ3v) is 3.72. The predicted octanol–water partition coefficient (Wildman–Crippen LogP) is 0.864. The topological polar surface area (TPSA) is 33.7 Å². The highest BCUT2D eigenvalue weighted by Crippen LogP contribution is 2.19. The zero-order chi connectivity index (χ0) is 12.1. The number of nitrogens with one attached hydrogen (secondary N) is 1. The fourth-order valence-electron chi connectivity index (χ4n) is 2.38. The molecule has 1 saturated carbocycles. The van der Waals surface area contributed by atoms with Crippen LogP contribution in [0.5, 0.6) is 0 Å². The van der Waals surface area contributed by atoms with Crippen molar-refractivity contribution in [3.63, 3.8) is 0 Å². The second kappa shape index (κ2) is 6.69. The first kappa shape index (κ1) is 13.3. The number of nitrogens with zero attached hydrogens (tertiary/aromatic N) is 1. The molecule has 1 heterocycles. The Labute approximate surface area is 105 Å². The summed E-state index contributed by atoms with van der Waals surface area (Å²) in [4.78, 5) is 2.38. The van der Waals surface area contributed by atoms with E-state index in [0.29, 0.717) is 12.1 Å². The zero-order valence-corrected chi connectivity index (χ0v) is 11.2. The van der Waals surface area contributed by atoms with E-state index in [-0.39, 0.29) is 0 Å². The first-order valence-corrected chi connectivity index (χ1v) is 6.83. The molecule has 100 valence electrons. The third kappa shape index (κ3) is 4.54. The van der Waals surface area contributed by atoms with Gasteiger partial charge in [0.05, 0.1) is 12.7 Å². The summed E-state index contributed by atoms with van der Waals surface area (Å²) in [6.07, 6.45) is 5.54. The van der Waals surface area contributed by atoms with E-state index in [1.807, 2.05) is 0 Å². The molecule has 1 N–H and O–H groups in total. The van der Waals surface area contributed by atoms with Gasteiger partial charge in [-0.2, -0.15) is 0 Å². The Balaban J connectivity index is 1.71. The minimum Gasteiger partial charge on any atom is -0.383 e. The lowest BCUT2D eigenvalue weighted by Crippen LogP contribution is -2.46. The van der Waals surface area contributed by atoms with Crippen LogP contribution < -0.4 is 5.32 Å². The number of ether oxygens (including phenoxy) is 2. The van der Waals surface area contributed by atoms with E-state index in [9.17, 15) is 0 Å². The average Bonchev–Trinajstić information content (AvgIpc) is 3.01. The molecule has 17 heavy (non-hydrogen) atoms. The molecule has 2 rings (SSSR count). The molecule has 2 unspecified atom stereocenters. The quantitative estimate of drug-likeness (QED) is 0.684. The summed E-state index contributed by atoms with van der Waals surface area (Å²) < 4.78 is 11.0. The van der Waals surface area contributed by atoms with Crippen LogP contribution in [0.4, 0.5) is 0 Å². The molecule has 2 aliphatic rings. The number of rotatable bonds is 8. The maximum atomic E-state index is 5.69. The largest absolute Gasteiger partial charge is 0.383 e. The lowest BCUT2D eigenvalue weighted by atomic mass is 10.2. The van der Waals surface area contributed by atoms with Gasteiger partial charge in [-0.3, -0.25) is 4.90 Å². The van der Waals surface area contributed by atoms with Crippen molar-refractivity contribution in [1.29, 1.82) is 0 Å². The van der Waals surface area contributed by atoms with Gasteiger partial charge in [-0.1, -0.05) is 0 Å². The van der Waals surface area contributed by atoms with E-state index < -0.39 is 0 Å². The molecular formula is C13H26N2O2. The summed E-state index contributed by atoms with van der Waals surface area (Å²) in [6, 6.07) is 1.23. The maximum Gasteiger partial charge on any atom is 0.0702 e. The first-order chi connectivity index (χ1) is 8.29. The number of likely N-dealkylation sites (N-methyl/N-ethyl adjacent to an activating group) is 1. The normalized spacial score (nSPS) is 26.6. The van der Waals surface area contributed by atoms with Crippen LogP contribution in [0.15, 0.2) is 0 Å². The first-order valence-electron chi connectivity index (χ1n) is 6.83. The predicted molar refractivity (Wildman–Crippen MR) is 68.3 cm³/mol. The molecule has 1 saturated heterocycles. The highest BCUT2D eigenvalue weighted by atomic mass is 16.5. The smallest absolute Gasteiger partial charge is 0.0702 e. The monoisotopic (exact) mass is 242 g/mol. The standard InChI is InChI=1S/C13H26N2O2/c1-15(9-13-4-3-7-17-13)12(10-16-2)8-14-11-5-6-11/h11-14H,3-10H2,1-2H3. The molecule has 0 radical (unpaired) electrons. The molecule has 0 amide bonds. The van der Waals surface area contributed by atoms with Gasteiger partial charge in [-0.05, 0) is 32.7 Å². The van der Waals surface area contributed by atoms with Crippen LogP contribution in [0.3, 0.4) is 0 Å². The van der Waals surface area contributed by atoms with Crippen LogP contribution in [0.2, 0.25) is 0 Å². The van der Waals surface area contributed by atoms with Crippen molar-refractivity contribution < 1.29 is 9.47 Å². The lowest BCUT2D eigenvalue weighted by molar-refractivity contribution is 0.0458. The molecule has 0 spiro atoms. The minimum atomic E-state index is 0.431. The van der Waals surface area contributed by atoms with Gasteiger partial charge in [0.25, 0.3) is 0 Å². The van der Waals surface area contributed by atoms with Crippen molar-refractivity contribution in [3.05, 3.63) is 0 Å². The molecule has 4 heteroatoms. The molecule has 2 fully saturated rings. The summed E-state index contributed by atoms with van der Waals surface area (Å²) in [5.74, 6) is 0. The van der Waals surface area contributed by atoms with Crippen molar-refractivity contribution in [2.75, 3.05) is 40.5 Å². The van der Waals surface area contributed by atoms with Crippen molar-refractivity contribution in [3.8, 4) is 0 Å². The van der Waals surface area contributed by atoms with Crippen molar-refractivity contribution in [2.45, 2.75) is 43.9 Å². The van der Waals surface area contributed by atoms with Crippen LogP contribution >= 0.6 is 0 Å². The van der Waals surface area contributed by atoms with Gasteiger partial charge in [0.15, 0.2) is 0 Å². The van der Waals surface area contributed by atoms with Gasteiger partial charge in [0, 0.05) is 38.9 Å². The molecule has 0 aromatic rings. The van der Waals surface area contributed by atoms with Crippen molar-refractivity contribution in [2.24, 2.45) is 0 Å². The highest BCUT2D eigenvalue weighted by Gasteiger charge is 2.25. The van der Waals surface area contributed by atoms with Crippen molar-refractivity contribution in [1.82, 2.24) is 10.2 Å². The summed E-state index contributed by atoms with van der Waals surface area (Å²) >= 11 is 0. The van der Waals surface area contributed by atoms with E-state index in [1.54, 1.807) is 7.11 Å². The summed E-state index contributed by atoms with van der Waals surface area (Å²) in [7, 11) is 3.96. The van der Waals surface area contributed by atoms with Crippen LogP contribution in [0.1, 0.15) is 25.7 Å². The van der Waals surface area contributed by atoms with Gasteiger partial charge in [0.2, 0.25) is 0 Å². The SMILES string of the molecule is COCC(CNC1CC1)N(C)CC1CCCO1. The van der Waals surface area contributed by atoms with E-state index in [1.165, 1.54) is 25.7 Å². The van der Waals surface area contributed by atoms with Crippen LogP contribution in [-0.2, 0) is 9.47 Å². The lowest BCUT2D eigenvalue weighted by Gasteiger charge is -2.29. The third-order valence-electron chi connectivity index (χ3n) is 3.72. The minimum absolute atomic E-state index is 0.431. The number of hydrogen-bond donors (Lipinski definition) is 1. The van der Waals surface area contributed by atoms with Gasteiger partial charge in [0.1, 0.15) is 0 Å². The molecule has 0 aromatic heterocycles. The van der Waals surface area contributed by atoms with Crippen LogP contribution in [-0.4, -0.2) is 63.5 Å². The summed E-state index contributed by atoms with van der Waals surface area (Å²) in [5.41, 5.74) is 0. The van der Waals surface area contributed by atoms with E-state index in [0.717, 1.165) is 32.3 Å². The van der Waals surface area contributed by atoms with Crippen LogP contribution in [0, 0.1) is 0 Å². The van der Waals surface area contributed by atoms with Gasteiger partial charge >= 0.3 is 0 Å². The Kier molecular flexibility index (Phi) is 5.22. The molecule has 1 aliphatic heterocycles. The molecule has 1 aliphatic carbocycles. The number of hydrogen-bond acceptors (Lipinski definition) is 4. The van der Waals surface area contributed by atoms with Gasteiger partial charge in [-0.15, -0.1) is 0 Å². The van der Waals surface area contributed by atoms with E-state index in [2.05, 4.69) is 17.3 Å². The zero-order valence-electron chi connectivity index (χ0n) is 11.2.